The lowest BCUT2D eigenvalue weighted by Crippen LogP contribution is -2.32. The van der Waals surface area contributed by atoms with E-state index < -0.39 is 21.5 Å². The largest absolute Gasteiger partial charge is 0.324 e. The maximum atomic E-state index is 13.1. The van der Waals surface area contributed by atoms with E-state index in [4.69, 9.17) is 11.6 Å². The predicted molar refractivity (Wildman–Crippen MR) is 115 cm³/mol. The molecule has 8 nitrogen and oxygen atoms in total. The molecule has 2 aromatic rings. The summed E-state index contributed by atoms with van der Waals surface area (Å²) in [6, 6.07) is 4.76. The summed E-state index contributed by atoms with van der Waals surface area (Å²) in [5.74, 6) is -0.508. The Bertz CT molecular complexity index is 1110. The summed E-state index contributed by atoms with van der Waals surface area (Å²) in [7, 11) is -3.65. The molecular weight excluding hydrogens is 428 g/mol. The maximum Gasteiger partial charge on any atom is 0.286 e. The van der Waals surface area contributed by atoms with Crippen LogP contribution in [0.5, 0.6) is 0 Å². The molecule has 2 heterocycles. The third-order valence-electron chi connectivity index (χ3n) is 5.11. The zero-order valence-corrected chi connectivity index (χ0v) is 18.6. The first-order valence-corrected chi connectivity index (χ1v) is 11.6. The first-order valence-electron chi connectivity index (χ1n) is 9.83. The average Bonchev–Trinajstić information content (AvgIpc) is 3.00. The van der Waals surface area contributed by atoms with E-state index in [0.717, 1.165) is 30.4 Å². The number of anilines is 1. The molecule has 10 heteroatoms. The van der Waals surface area contributed by atoms with Crippen molar-refractivity contribution >= 4 is 33.2 Å². The molecule has 0 aliphatic carbocycles. The molecule has 1 aliphatic heterocycles. The number of carbonyl (C=O) groups excluding carboxylic acids is 1. The van der Waals surface area contributed by atoms with Crippen molar-refractivity contribution in [1.29, 1.82) is 0 Å². The van der Waals surface area contributed by atoms with Crippen molar-refractivity contribution in [2.75, 3.05) is 18.4 Å². The van der Waals surface area contributed by atoms with Gasteiger partial charge in [0.2, 0.25) is 15.9 Å². The van der Waals surface area contributed by atoms with Gasteiger partial charge in [-0.2, -0.15) is 9.40 Å². The lowest BCUT2D eigenvalue weighted by Gasteiger charge is -2.21. The molecule has 0 atom stereocenters. The Morgan fingerprint density at radius 1 is 1.13 bits per heavy atom. The highest BCUT2D eigenvalue weighted by molar-refractivity contribution is 7.89. The Morgan fingerprint density at radius 2 is 1.80 bits per heavy atom. The number of halogens is 1. The molecule has 1 saturated heterocycles. The van der Waals surface area contributed by atoms with Crippen molar-refractivity contribution in [3.8, 4) is 0 Å². The van der Waals surface area contributed by atoms with Gasteiger partial charge in [-0.25, -0.2) is 13.1 Å². The van der Waals surface area contributed by atoms with Crippen molar-refractivity contribution in [1.82, 2.24) is 14.1 Å². The van der Waals surface area contributed by atoms with Crippen LogP contribution < -0.4 is 10.9 Å². The van der Waals surface area contributed by atoms with E-state index in [9.17, 15) is 18.0 Å². The summed E-state index contributed by atoms with van der Waals surface area (Å²) in [6.45, 7) is 4.05. The lowest BCUT2D eigenvalue weighted by molar-refractivity contribution is -0.117. The second kappa shape index (κ2) is 9.28. The summed E-state index contributed by atoms with van der Waals surface area (Å²) in [4.78, 5) is 24.7. The van der Waals surface area contributed by atoms with Gasteiger partial charge in [0.25, 0.3) is 5.56 Å². The number of nitrogens with one attached hydrogen (secondary N) is 1. The number of hydrogen-bond acceptors (Lipinski definition) is 5. The SMILES string of the molecule is Cc1ccc(NC(=O)Cn2ncc(C)c(Cl)c2=O)cc1S(=O)(=O)N1CCCCCC1. The summed E-state index contributed by atoms with van der Waals surface area (Å²) >= 11 is 5.92. The van der Waals surface area contributed by atoms with Crippen LogP contribution in [-0.2, 0) is 21.4 Å². The highest BCUT2D eigenvalue weighted by atomic mass is 35.5. The van der Waals surface area contributed by atoms with Gasteiger partial charge in [-0.15, -0.1) is 0 Å². The zero-order chi connectivity index (χ0) is 21.9. The number of aromatic nitrogens is 2. The molecular formula is C20H25ClN4O4S. The van der Waals surface area contributed by atoms with E-state index in [-0.39, 0.29) is 16.5 Å². The molecule has 162 valence electrons. The van der Waals surface area contributed by atoms with Gasteiger partial charge in [0.15, 0.2) is 0 Å². The van der Waals surface area contributed by atoms with Crippen molar-refractivity contribution in [2.45, 2.75) is 51.0 Å². The Morgan fingerprint density at radius 3 is 2.47 bits per heavy atom. The minimum atomic E-state index is -3.65. The first-order chi connectivity index (χ1) is 14.2. The number of sulfonamides is 1. The number of amides is 1. The molecule has 30 heavy (non-hydrogen) atoms. The van der Waals surface area contributed by atoms with E-state index in [1.165, 1.54) is 16.6 Å². The van der Waals surface area contributed by atoms with Crippen LogP contribution in [0.2, 0.25) is 5.02 Å². The van der Waals surface area contributed by atoms with Crippen molar-refractivity contribution in [2.24, 2.45) is 0 Å². The van der Waals surface area contributed by atoms with Gasteiger partial charge in [-0.1, -0.05) is 30.5 Å². The van der Waals surface area contributed by atoms with Crippen LogP contribution in [0.15, 0.2) is 34.1 Å². The molecule has 1 aromatic heterocycles. The van der Waals surface area contributed by atoms with Crippen LogP contribution in [-0.4, -0.2) is 41.5 Å². The van der Waals surface area contributed by atoms with E-state index in [0.29, 0.717) is 29.9 Å². The third-order valence-corrected chi connectivity index (χ3v) is 7.61. The predicted octanol–water partition coefficient (Wildman–Crippen LogP) is 2.72. The minimum absolute atomic E-state index is 0.0129. The monoisotopic (exact) mass is 452 g/mol. The Balaban J connectivity index is 1.80. The molecule has 0 bridgehead atoms. The Hall–Kier alpha value is -2.23. The second-order valence-electron chi connectivity index (χ2n) is 7.45. The molecule has 1 amide bonds. The maximum absolute atomic E-state index is 13.1. The van der Waals surface area contributed by atoms with E-state index in [1.807, 2.05) is 0 Å². The second-order valence-corrected chi connectivity index (χ2v) is 9.74. The fraction of sp³-hybridized carbons (Fsp3) is 0.450. The number of carbonyl (C=O) groups is 1. The third kappa shape index (κ3) is 4.91. The van der Waals surface area contributed by atoms with Gasteiger partial charge in [0.05, 0.1) is 11.1 Å². The summed E-state index contributed by atoms with van der Waals surface area (Å²) < 4.78 is 28.8. The molecule has 1 aliphatic rings. The number of benzene rings is 1. The number of aryl methyl sites for hydroxylation is 2. The van der Waals surface area contributed by atoms with Crippen LogP contribution in [0.1, 0.15) is 36.8 Å². The summed E-state index contributed by atoms with van der Waals surface area (Å²) in [5, 5.41) is 6.57. The quantitative estimate of drug-likeness (QED) is 0.751. The van der Waals surface area contributed by atoms with E-state index in [1.54, 1.807) is 26.0 Å². The standard InChI is InChI=1S/C20H25ClN4O4S/c1-14-7-8-16(11-17(14)30(28,29)24-9-5-3-4-6-10-24)23-18(26)13-25-20(27)19(21)15(2)12-22-25/h7-8,11-12H,3-6,9-10,13H2,1-2H3,(H,23,26). The summed E-state index contributed by atoms with van der Waals surface area (Å²) in [5.41, 5.74) is 0.922. The van der Waals surface area contributed by atoms with Crippen molar-refractivity contribution in [3.05, 3.63) is 50.9 Å². The van der Waals surface area contributed by atoms with Gasteiger partial charge < -0.3 is 5.32 Å². The van der Waals surface area contributed by atoms with Crippen LogP contribution in [0.3, 0.4) is 0 Å². The van der Waals surface area contributed by atoms with Crippen LogP contribution >= 0.6 is 11.6 Å². The Labute approximate surface area is 180 Å². The van der Waals surface area contributed by atoms with E-state index in [2.05, 4.69) is 10.4 Å². The normalized spacial score (nSPS) is 15.6. The van der Waals surface area contributed by atoms with Crippen LogP contribution in [0.25, 0.3) is 0 Å². The molecule has 0 radical (unpaired) electrons. The molecule has 0 saturated carbocycles. The Kier molecular flexibility index (Phi) is 6.95. The molecule has 1 aromatic carbocycles. The minimum Gasteiger partial charge on any atom is -0.324 e. The molecule has 1 fully saturated rings. The zero-order valence-electron chi connectivity index (χ0n) is 17.0. The van der Waals surface area contributed by atoms with Crippen LogP contribution in [0.4, 0.5) is 5.69 Å². The van der Waals surface area contributed by atoms with E-state index >= 15 is 0 Å². The number of hydrogen-bond donors (Lipinski definition) is 1. The molecule has 3 rings (SSSR count). The number of nitrogens with zero attached hydrogens (tertiary/aromatic N) is 3. The molecule has 0 unspecified atom stereocenters. The summed E-state index contributed by atoms with van der Waals surface area (Å²) in [6.07, 6.45) is 5.15. The first kappa shape index (κ1) is 22.5. The highest BCUT2D eigenvalue weighted by Gasteiger charge is 2.27. The lowest BCUT2D eigenvalue weighted by atomic mass is 10.2. The van der Waals surface area contributed by atoms with Gasteiger partial charge >= 0.3 is 0 Å². The number of rotatable bonds is 5. The smallest absolute Gasteiger partial charge is 0.286 e. The highest BCUT2D eigenvalue weighted by Crippen LogP contribution is 2.25. The fourth-order valence-electron chi connectivity index (χ4n) is 3.37. The van der Waals surface area contributed by atoms with Crippen LogP contribution in [0, 0.1) is 13.8 Å². The van der Waals surface area contributed by atoms with Crippen molar-refractivity contribution in [3.63, 3.8) is 0 Å². The molecule has 1 N–H and O–H groups in total. The van der Waals surface area contributed by atoms with Gasteiger partial charge in [-0.05, 0) is 49.9 Å². The topological polar surface area (TPSA) is 101 Å². The average molecular weight is 453 g/mol. The van der Waals surface area contributed by atoms with Crippen molar-refractivity contribution < 1.29 is 13.2 Å². The fourth-order valence-corrected chi connectivity index (χ4v) is 5.29. The van der Waals surface area contributed by atoms with Gasteiger partial charge in [0.1, 0.15) is 11.6 Å². The van der Waals surface area contributed by atoms with Gasteiger partial charge in [-0.3, -0.25) is 9.59 Å². The molecule has 0 spiro atoms. The van der Waals surface area contributed by atoms with Gasteiger partial charge in [0, 0.05) is 18.8 Å².